The number of alkyl halides is 1. The molecule has 0 saturated carbocycles. The first-order valence-corrected chi connectivity index (χ1v) is 8.63. The molecule has 0 radical (unpaired) electrons. The molecule has 0 atom stereocenters. The van der Waals surface area contributed by atoms with Crippen molar-refractivity contribution in [3.8, 4) is 0 Å². The minimum Gasteiger partial charge on any atom is -0.322 e. The minimum atomic E-state index is -0.235. The second-order valence-electron chi connectivity index (χ2n) is 4.63. The first-order valence-electron chi connectivity index (χ1n) is 6.23. The van der Waals surface area contributed by atoms with Gasteiger partial charge in [-0.05, 0) is 46.4 Å². The number of hydrogen-bond acceptors (Lipinski definition) is 1. The van der Waals surface area contributed by atoms with Crippen molar-refractivity contribution in [1.82, 2.24) is 9.55 Å². The van der Waals surface area contributed by atoms with Crippen molar-refractivity contribution < 1.29 is 4.39 Å². The van der Waals surface area contributed by atoms with Crippen molar-refractivity contribution >= 4 is 61.2 Å². The van der Waals surface area contributed by atoms with Crippen LogP contribution in [0, 0.1) is 9.39 Å². The molecule has 0 spiro atoms. The van der Waals surface area contributed by atoms with Crippen LogP contribution in [-0.2, 0) is 12.4 Å². The van der Waals surface area contributed by atoms with Crippen LogP contribution in [0.3, 0.4) is 0 Å². The molecule has 3 rings (SSSR count). The van der Waals surface area contributed by atoms with Gasteiger partial charge in [0, 0.05) is 17.1 Å². The fraction of sp³-hybridized carbons (Fsp3) is 0.133. The summed E-state index contributed by atoms with van der Waals surface area (Å²) in [5, 5.41) is 0. The monoisotopic (exact) mass is 478 g/mol. The molecule has 2 nitrogen and oxygen atoms in total. The summed E-state index contributed by atoms with van der Waals surface area (Å²) < 4.78 is 17.4. The van der Waals surface area contributed by atoms with Crippen LogP contribution in [0.1, 0.15) is 11.4 Å². The molecule has 108 valence electrons. The summed E-state index contributed by atoms with van der Waals surface area (Å²) in [5.74, 6) is 0.806. The number of hydrogen-bond donors (Lipinski definition) is 0. The summed E-state index contributed by atoms with van der Waals surface area (Å²) in [4.78, 5) is 4.50. The Kier molecular flexibility index (Phi) is 4.51. The van der Waals surface area contributed by atoms with Gasteiger partial charge < -0.3 is 4.57 Å². The number of fused-ring (bicyclic) bond motifs is 1. The molecule has 6 heteroatoms. The van der Waals surface area contributed by atoms with E-state index in [1.54, 1.807) is 6.07 Å². The molecule has 0 saturated heterocycles. The van der Waals surface area contributed by atoms with Crippen molar-refractivity contribution in [2.75, 3.05) is 0 Å². The Balaban J connectivity index is 2.11. The Labute approximate surface area is 148 Å². The molecule has 0 bridgehead atoms. The van der Waals surface area contributed by atoms with Gasteiger partial charge in [-0.2, -0.15) is 0 Å². The van der Waals surface area contributed by atoms with E-state index < -0.39 is 0 Å². The normalized spacial score (nSPS) is 11.2. The molecule has 0 aliphatic rings. The lowest BCUT2D eigenvalue weighted by atomic mass is 10.2. The first-order chi connectivity index (χ1) is 10.1. The second kappa shape index (κ2) is 6.22. The molecule has 0 unspecified atom stereocenters. The van der Waals surface area contributed by atoms with E-state index in [9.17, 15) is 4.39 Å². The molecule has 1 heterocycles. The lowest BCUT2D eigenvalue weighted by Crippen LogP contribution is -2.04. The molecular formula is C15H10BrClFIN2. The molecule has 0 aliphatic carbocycles. The van der Waals surface area contributed by atoms with Gasteiger partial charge in [-0.1, -0.05) is 28.1 Å². The highest BCUT2D eigenvalue weighted by atomic mass is 127. The zero-order valence-corrected chi connectivity index (χ0v) is 15.3. The van der Waals surface area contributed by atoms with E-state index in [0.717, 1.165) is 26.9 Å². The largest absolute Gasteiger partial charge is 0.322 e. The molecule has 0 aliphatic heterocycles. The summed E-state index contributed by atoms with van der Waals surface area (Å²) in [6.07, 6.45) is 0. The Bertz CT molecular complexity index is 802. The average Bonchev–Trinajstić information content (AvgIpc) is 2.79. The van der Waals surface area contributed by atoms with Gasteiger partial charge in [0.05, 0.1) is 20.5 Å². The highest BCUT2D eigenvalue weighted by Crippen LogP contribution is 2.24. The topological polar surface area (TPSA) is 17.8 Å². The third kappa shape index (κ3) is 3.10. The van der Waals surface area contributed by atoms with Crippen molar-refractivity contribution in [2.45, 2.75) is 12.4 Å². The van der Waals surface area contributed by atoms with Crippen LogP contribution in [-0.4, -0.2) is 9.55 Å². The van der Waals surface area contributed by atoms with E-state index >= 15 is 0 Å². The van der Waals surface area contributed by atoms with Crippen molar-refractivity contribution in [3.63, 3.8) is 0 Å². The molecule has 21 heavy (non-hydrogen) atoms. The van der Waals surface area contributed by atoms with Gasteiger partial charge in [0.25, 0.3) is 0 Å². The highest BCUT2D eigenvalue weighted by molar-refractivity contribution is 14.1. The summed E-state index contributed by atoms with van der Waals surface area (Å²) in [5.41, 5.74) is 2.66. The third-order valence-corrected chi connectivity index (χ3v) is 4.84. The predicted molar refractivity (Wildman–Crippen MR) is 95.2 cm³/mol. The molecule has 0 fully saturated rings. The van der Waals surface area contributed by atoms with Crippen molar-refractivity contribution in [1.29, 1.82) is 0 Å². The maximum Gasteiger partial charge on any atom is 0.138 e. The SMILES string of the molecule is Fc1cc2c(cc1I)nc(CCl)n2Cc1ccc(Br)cc1. The standard InChI is InChI=1S/C15H10BrClFIN2/c16-10-3-1-9(2-4-10)8-21-14-5-11(18)12(19)6-13(14)20-15(21)7-17/h1-6H,7-8H2. The fourth-order valence-electron chi connectivity index (χ4n) is 2.22. The van der Waals surface area contributed by atoms with Gasteiger partial charge in [0.2, 0.25) is 0 Å². The second-order valence-corrected chi connectivity index (χ2v) is 6.97. The number of halogens is 4. The van der Waals surface area contributed by atoms with E-state index in [1.807, 2.05) is 51.4 Å². The molecule has 2 aromatic carbocycles. The van der Waals surface area contributed by atoms with Crippen molar-refractivity contribution in [2.24, 2.45) is 0 Å². The van der Waals surface area contributed by atoms with Crippen LogP contribution < -0.4 is 0 Å². The van der Waals surface area contributed by atoms with E-state index in [0.29, 0.717) is 16.0 Å². The zero-order chi connectivity index (χ0) is 15.0. The minimum absolute atomic E-state index is 0.235. The summed E-state index contributed by atoms with van der Waals surface area (Å²) in [6.45, 7) is 0.617. The molecule has 1 aromatic heterocycles. The third-order valence-electron chi connectivity index (χ3n) is 3.24. The number of rotatable bonds is 3. The van der Waals surface area contributed by atoms with Crippen LogP contribution in [0.4, 0.5) is 4.39 Å². The molecular weight excluding hydrogens is 469 g/mol. The van der Waals surface area contributed by atoms with Crippen LogP contribution in [0.25, 0.3) is 11.0 Å². The van der Waals surface area contributed by atoms with E-state index in [2.05, 4.69) is 20.9 Å². The Morgan fingerprint density at radius 3 is 2.62 bits per heavy atom. The summed E-state index contributed by atoms with van der Waals surface area (Å²) in [6, 6.07) is 11.3. The van der Waals surface area contributed by atoms with Crippen molar-refractivity contribution in [3.05, 3.63) is 61.6 Å². The fourth-order valence-corrected chi connectivity index (χ4v) is 3.14. The lowest BCUT2D eigenvalue weighted by Gasteiger charge is -2.08. The molecule has 3 aromatic rings. The van der Waals surface area contributed by atoms with E-state index in [-0.39, 0.29) is 5.82 Å². The Morgan fingerprint density at radius 2 is 1.95 bits per heavy atom. The highest BCUT2D eigenvalue weighted by Gasteiger charge is 2.13. The predicted octanol–water partition coefficient (Wildman–Crippen LogP) is 5.33. The Morgan fingerprint density at radius 1 is 1.24 bits per heavy atom. The van der Waals surface area contributed by atoms with Gasteiger partial charge >= 0.3 is 0 Å². The number of imidazole rings is 1. The Hall–Kier alpha value is -0.660. The summed E-state index contributed by atoms with van der Waals surface area (Å²) in [7, 11) is 0. The van der Waals surface area contributed by atoms with Gasteiger partial charge in [0.1, 0.15) is 11.6 Å². The van der Waals surface area contributed by atoms with Crippen LogP contribution in [0.15, 0.2) is 40.9 Å². The number of benzene rings is 2. The average molecular weight is 480 g/mol. The van der Waals surface area contributed by atoms with Crippen LogP contribution in [0.5, 0.6) is 0 Å². The van der Waals surface area contributed by atoms with Gasteiger partial charge in [-0.3, -0.25) is 0 Å². The molecule has 0 N–H and O–H groups in total. The maximum absolute atomic E-state index is 13.8. The van der Waals surface area contributed by atoms with E-state index in [4.69, 9.17) is 11.6 Å². The van der Waals surface area contributed by atoms with Gasteiger partial charge in [-0.25, -0.2) is 9.37 Å². The number of aromatic nitrogens is 2. The summed E-state index contributed by atoms with van der Waals surface area (Å²) >= 11 is 11.4. The van der Waals surface area contributed by atoms with Gasteiger partial charge in [0.15, 0.2) is 0 Å². The van der Waals surface area contributed by atoms with E-state index in [1.165, 1.54) is 6.07 Å². The lowest BCUT2D eigenvalue weighted by molar-refractivity contribution is 0.621. The van der Waals surface area contributed by atoms with Gasteiger partial charge in [-0.15, -0.1) is 11.6 Å². The number of nitrogens with zero attached hydrogens (tertiary/aromatic N) is 2. The first kappa shape index (κ1) is 15.2. The zero-order valence-electron chi connectivity index (χ0n) is 10.8. The van der Waals surface area contributed by atoms with Crippen LogP contribution >= 0.6 is 50.1 Å². The quantitative estimate of drug-likeness (QED) is 0.367. The molecule has 0 amide bonds. The maximum atomic E-state index is 13.8. The smallest absolute Gasteiger partial charge is 0.138 e. The van der Waals surface area contributed by atoms with Crippen LogP contribution in [0.2, 0.25) is 0 Å².